The highest BCUT2D eigenvalue weighted by Crippen LogP contribution is 2.23. The summed E-state index contributed by atoms with van der Waals surface area (Å²) in [5.41, 5.74) is 0.494. The summed E-state index contributed by atoms with van der Waals surface area (Å²) in [4.78, 5) is 33.9. The predicted octanol–water partition coefficient (Wildman–Crippen LogP) is 5.49. The van der Waals surface area contributed by atoms with Crippen LogP contribution in [0.15, 0.2) is 29.0 Å². The van der Waals surface area contributed by atoms with Gasteiger partial charge in [0.25, 0.3) is 0 Å². The lowest BCUT2D eigenvalue weighted by atomic mass is 9.94. The molecule has 0 atom stereocenters. The first kappa shape index (κ1) is 25.7. The number of carbonyl (C=O) groups excluding carboxylic acids is 2. The van der Waals surface area contributed by atoms with Gasteiger partial charge in [0.05, 0.1) is 18.5 Å². The van der Waals surface area contributed by atoms with Crippen LogP contribution in [-0.4, -0.2) is 52.0 Å². The van der Waals surface area contributed by atoms with Gasteiger partial charge in [-0.25, -0.2) is 4.79 Å². The first-order valence-electron chi connectivity index (χ1n) is 11.4. The van der Waals surface area contributed by atoms with Gasteiger partial charge in [-0.3, -0.25) is 9.78 Å². The maximum absolute atomic E-state index is 13.2. The van der Waals surface area contributed by atoms with Crippen LogP contribution in [0.25, 0.3) is 11.0 Å². The van der Waals surface area contributed by atoms with Crippen LogP contribution < -0.4 is 0 Å². The number of rotatable bonds is 8. The van der Waals surface area contributed by atoms with Gasteiger partial charge in [-0.2, -0.15) is 0 Å². The third kappa shape index (κ3) is 7.53. The lowest BCUT2D eigenvalue weighted by Gasteiger charge is -2.32. The molecule has 0 saturated carbocycles. The lowest BCUT2D eigenvalue weighted by Crippen LogP contribution is -2.43. The van der Waals surface area contributed by atoms with Gasteiger partial charge in [0.2, 0.25) is 5.91 Å². The molecular weight excluding hydrogens is 406 g/mol. The largest absolute Gasteiger partial charge is 0.464 e. The normalized spacial score (nSPS) is 12.3. The summed E-state index contributed by atoms with van der Waals surface area (Å²) in [6.07, 6.45) is 3.67. The van der Waals surface area contributed by atoms with Crippen molar-refractivity contribution in [2.24, 2.45) is 11.3 Å². The topological polar surface area (TPSA) is 75.9 Å². The van der Waals surface area contributed by atoms with Gasteiger partial charge in [-0.05, 0) is 45.2 Å². The Labute approximate surface area is 192 Å². The van der Waals surface area contributed by atoms with Gasteiger partial charge in [-0.1, -0.05) is 34.6 Å². The van der Waals surface area contributed by atoms with Crippen LogP contribution in [0.1, 0.15) is 67.5 Å². The summed E-state index contributed by atoms with van der Waals surface area (Å²) in [6, 6.07) is 3.70. The highest BCUT2D eigenvalue weighted by Gasteiger charge is 2.29. The molecule has 0 spiro atoms. The van der Waals surface area contributed by atoms with Crippen molar-refractivity contribution >= 4 is 23.0 Å². The Morgan fingerprint density at radius 1 is 1.06 bits per heavy atom. The van der Waals surface area contributed by atoms with Crippen molar-refractivity contribution in [3.8, 4) is 0 Å². The molecule has 0 fully saturated rings. The summed E-state index contributed by atoms with van der Waals surface area (Å²) in [5, 5.41) is 0.911. The number of hydrogen-bond donors (Lipinski definition) is 0. The number of nitrogens with zero attached hydrogens (tertiary/aromatic N) is 3. The summed E-state index contributed by atoms with van der Waals surface area (Å²) in [6.45, 7) is 17.5. The number of carbonyl (C=O) groups is 2. The van der Waals surface area contributed by atoms with Crippen molar-refractivity contribution in [3.63, 3.8) is 0 Å². The van der Waals surface area contributed by atoms with Crippen molar-refractivity contribution in [2.75, 3.05) is 19.6 Å². The van der Waals surface area contributed by atoms with Crippen LogP contribution in [0, 0.1) is 11.3 Å². The minimum atomic E-state index is -0.546. The molecule has 2 aromatic heterocycles. The van der Waals surface area contributed by atoms with Crippen molar-refractivity contribution < 1.29 is 18.7 Å². The second kappa shape index (κ2) is 10.4. The van der Waals surface area contributed by atoms with Crippen LogP contribution in [0.5, 0.6) is 0 Å². The number of fused-ring (bicyclic) bond motifs is 1. The number of hydrogen-bond acceptors (Lipinski definition) is 5. The van der Waals surface area contributed by atoms with E-state index < -0.39 is 11.0 Å². The molecule has 7 heteroatoms. The van der Waals surface area contributed by atoms with E-state index in [0.717, 1.165) is 16.7 Å². The van der Waals surface area contributed by atoms with Gasteiger partial charge >= 0.3 is 6.09 Å². The van der Waals surface area contributed by atoms with Gasteiger partial charge in [0, 0.05) is 36.6 Å². The van der Waals surface area contributed by atoms with E-state index in [1.165, 1.54) is 0 Å². The van der Waals surface area contributed by atoms with E-state index in [2.05, 4.69) is 18.8 Å². The predicted molar refractivity (Wildman–Crippen MR) is 126 cm³/mol. The standard InChI is InChI=1S/C25H39N3O4/c1-18(2)16-28(23(30)32-25(6,7)8)14-9-13-27(22(29)24(3,4)5)17-20-19-11-15-31-21(19)10-12-26-20/h10-12,15,18H,9,13-14,16-17H2,1-8H3. The Morgan fingerprint density at radius 3 is 2.31 bits per heavy atom. The molecule has 0 aromatic carbocycles. The minimum Gasteiger partial charge on any atom is -0.464 e. The van der Waals surface area contributed by atoms with E-state index in [4.69, 9.17) is 9.15 Å². The molecular formula is C25H39N3O4. The van der Waals surface area contributed by atoms with Crippen molar-refractivity contribution in [3.05, 3.63) is 30.3 Å². The molecule has 0 bridgehead atoms. The summed E-state index contributed by atoms with van der Waals surface area (Å²) in [7, 11) is 0. The number of ether oxygens (including phenoxy) is 1. The summed E-state index contributed by atoms with van der Waals surface area (Å²) >= 11 is 0. The molecule has 2 heterocycles. The van der Waals surface area contributed by atoms with Crippen LogP contribution in [0.3, 0.4) is 0 Å². The Hall–Kier alpha value is -2.57. The molecule has 2 aromatic rings. The molecule has 0 N–H and O–H groups in total. The molecule has 178 valence electrons. The third-order valence-corrected chi connectivity index (χ3v) is 4.83. The summed E-state index contributed by atoms with van der Waals surface area (Å²) in [5.74, 6) is 0.366. The van der Waals surface area contributed by atoms with E-state index in [1.54, 1.807) is 17.4 Å². The third-order valence-electron chi connectivity index (χ3n) is 4.83. The average molecular weight is 446 g/mol. The molecule has 0 saturated heterocycles. The summed E-state index contributed by atoms with van der Waals surface area (Å²) < 4.78 is 11.1. The molecule has 32 heavy (non-hydrogen) atoms. The first-order chi connectivity index (χ1) is 14.8. The first-order valence-corrected chi connectivity index (χ1v) is 11.4. The Bertz CT molecular complexity index is 906. The SMILES string of the molecule is CC(C)CN(CCCN(Cc1nccc2occc12)C(=O)C(C)(C)C)C(=O)OC(C)(C)C. The zero-order valence-corrected chi connectivity index (χ0v) is 20.9. The number of furan rings is 1. The van der Waals surface area contributed by atoms with Gasteiger partial charge in [0.15, 0.2) is 0 Å². The van der Waals surface area contributed by atoms with Crippen LogP contribution >= 0.6 is 0 Å². The maximum Gasteiger partial charge on any atom is 0.410 e. The van der Waals surface area contributed by atoms with E-state index in [0.29, 0.717) is 38.5 Å². The lowest BCUT2D eigenvalue weighted by molar-refractivity contribution is -0.140. The van der Waals surface area contributed by atoms with Gasteiger partial charge in [0.1, 0.15) is 11.2 Å². The van der Waals surface area contributed by atoms with Gasteiger partial charge < -0.3 is 19.0 Å². The second-order valence-corrected chi connectivity index (χ2v) is 10.7. The van der Waals surface area contributed by atoms with E-state index in [-0.39, 0.29) is 12.0 Å². The molecule has 0 aliphatic rings. The molecule has 0 aliphatic carbocycles. The molecule has 0 radical (unpaired) electrons. The van der Waals surface area contributed by atoms with E-state index >= 15 is 0 Å². The highest BCUT2D eigenvalue weighted by atomic mass is 16.6. The Balaban J connectivity index is 2.14. The quantitative estimate of drug-likeness (QED) is 0.537. The van der Waals surface area contributed by atoms with E-state index in [1.807, 2.05) is 58.6 Å². The average Bonchev–Trinajstić information content (AvgIpc) is 3.13. The minimum absolute atomic E-state index is 0.0486. The Morgan fingerprint density at radius 2 is 1.72 bits per heavy atom. The molecule has 0 unspecified atom stereocenters. The Kier molecular flexibility index (Phi) is 8.32. The van der Waals surface area contributed by atoms with Crippen LogP contribution in [0.4, 0.5) is 4.79 Å². The maximum atomic E-state index is 13.2. The zero-order chi connectivity index (χ0) is 24.1. The van der Waals surface area contributed by atoms with E-state index in [9.17, 15) is 9.59 Å². The second-order valence-electron chi connectivity index (χ2n) is 10.7. The molecule has 2 rings (SSSR count). The van der Waals surface area contributed by atoms with Crippen molar-refractivity contribution in [1.82, 2.24) is 14.8 Å². The molecule has 2 amide bonds. The van der Waals surface area contributed by atoms with Crippen molar-refractivity contribution in [2.45, 2.75) is 74.0 Å². The van der Waals surface area contributed by atoms with Gasteiger partial charge in [-0.15, -0.1) is 0 Å². The fraction of sp³-hybridized carbons (Fsp3) is 0.640. The number of aromatic nitrogens is 1. The zero-order valence-electron chi connectivity index (χ0n) is 20.9. The monoisotopic (exact) mass is 445 g/mol. The van der Waals surface area contributed by atoms with Crippen LogP contribution in [-0.2, 0) is 16.1 Å². The highest BCUT2D eigenvalue weighted by molar-refractivity contribution is 5.83. The number of pyridine rings is 1. The van der Waals surface area contributed by atoms with Crippen LogP contribution in [0.2, 0.25) is 0 Å². The molecule has 0 aliphatic heterocycles. The number of amides is 2. The fourth-order valence-electron chi connectivity index (χ4n) is 3.46. The van der Waals surface area contributed by atoms with Crippen molar-refractivity contribution in [1.29, 1.82) is 0 Å². The smallest absolute Gasteiger partial charge is 0.410 e. The fourth-order valence-corrected chi connectivity index (χ4v) is 3.46. The molecule has 7 nitrogen and oxygen atoms in total.